The average Bonchev–Trinajstić information content (AvgIpc) is 4.16. The summed E-state index contributed by atoms with van der Waals surface area (Å²) in [6, 6.07) is 81.0. The Balaban J connectivity index is 0.000000144. The number of fused-ring (bicyclic) bond motifs is 4. The molecule has 3 heteroatoms. The topological polar surface area (TPSA) is 26.3 Å². The second kappa shape index (κ2) is 16.5. The molecular weight excluding hydrogens is 820 g/mol. The molecule has 10 aromatic carbocycles. The van der Waals surface area contributed by atoms with E-state index in [-0.39, 0.29) is 26.2 Å². The molecule has 0 atom stereocenters. The van der Waals surface area contributed by atoms with Crippen molar-refractivity contribution in [2.24, 2.45) is 0 Å². The van der Waals surface area contributed by atoms with Crippen LogP contribution in [0.5, 0.6) is 0 Å². The van der Waals surface area contributed by atoms with E-state index in [1.807, 2.05) is 48.5 Å². The third-order valence-corrected chi connectivity index (χ3v) is 11.5. The fraction of sp³-hybridized carbons (Fsp3) is 0. The van der Waals surface area contributed by atoms with Gasteiger partial charge in [-0.1, -0.05) is 180 Å². The van der Waals surface area contributed by atoms with Crippen LogP contribution < -0.4 is 0 Å². The van der Waals surface area contributed by atoms with Crippen LogP contribution in [-0.4, -0.2) is 0 Å². The summed E-state index contributed by atoms with van der Waals surface area (Å²) in [4.78, 5) is 0. The fourth-order valence-electron chi connectivity index (χ4n) is 8.47. The first-order valence-electron chi connectivity index (χ1n) is 20.4. The molecule has 286 valence electrons. The van der Waals surface area contributed by atoms with Crippen molar-refractivity contribution in [3.8, 4) is 67.5 Å². The van der Waals surface area contributed by atoms with Gasteiger partial charge >= 0.3 is 26.2 Å². The van der Waals surface area contributed by atoms with Crippen molar-refractivity contribution in [1.29, 1.82) is 0 Å². The van der Waals surface area contributed by atoms with Crippen LogP contribution in [0.4, 0.5) is 0 Å². The van der Waals surface area contributed by atoms with Gasteiger partial charge in [-0.2, -0.15) is 0 Å². The first kappa shape index (κ1) is 38.2. The van der Waals surface area contributed by atoms with Crippen LogP contribution in [0.15, 0.2) is 239 Å². The van der Waals surface area contributed by atoms with Crippen molar-refractivity contribution < 1.29 is 35.0 Å². The molecule has 0 bridgehead atoms. The molecule has 0 saturated carbocycles. The Morgan fingerprint density at radius 3 is 1.11 bits per heavy atom. The van der Waals surface area contributed by atoms with E-state index in [0.29, 0.717) is 0 Å². The van der Waals surface area contributed by atoms with E-state index in [0.717, 1.165) is 45.3 Å². The smallest absolute Gasteiger partial charge is 0.491 e. The van der Waals surface area contributed by atoms with Crippen molar-refractivity contribution in [3.63, 3.8) is 0 Å². The van der Waals surface area contributed by atoms with Gasteiger partial charge in [0.2, 0.25) is 0 Å². The summed E-state index contributed by atoms with van der Waals surface area (Å²) in [6.07, 6.45) is 0. The van der Waals surface area contributed by atoms with Crippen molar-refractivity contribution in [1.82, 2.24) is 0 Å². The van der Waals surface area contributed by atoms with Crippen molar-refractivity contribution in [3.05, 3.63) is 231 Å². The normalized spacial score (nSPS) is 11.1. The predicted molar refractivity (Wildman–Crippen MR) is 251 cm³/mol. The van der Waals surface area contributed by atoms with Crippen molar-refractivity contribution >= 4 is 43.1 Å². The molecule has 0 aliphatic heterocycles. The minimum absolute atomic E-state index is 0. The third-order valence-electron chi connectivity index (χ3n) is 11.5. The van der Waals surface area contributed by atoms with Gasteiger partial charge in [0.25, 0.3) is 0 Å². The van der Waals surface area contributed by atoms with E-state index in [9.17, 15) is 0 Å². The second-order valence-electron chi connectivity index (χ2n) is 15.3. The standard InChI is InChI=1S/2C29H19O.Zr/c2*1-2-8-21(9-3-1)28-15-16-29(30-28)25-18-23-11-6-12-26(27(23)19-25)24-14-13-20-7-4-5-10-22(20)17-24;/h2*1-19H;/q2*-1;+2. The Bertz CT molecular complexity index is 3200. The zero-order valence-corrected chi connectivity index (χ0v) is 35.7. The first-order chi connectivity index (χ1) is 29.7. The van der Waals surface area contributed by atoms with Crippen LogP contribution in [0.25, 0.3) is 111 Å². The van der Waals surface area contributed by atoms with E-state index in [4.69, 9.17) is 8.83 Å². The summed E-state index contributed by atoms with van der Waals surface area (Å²) in [6.45, 7) is 0. The van der Waals surface area contributed by atoms with E-state index >= 15 is 0 Å². The van der Waals surface area contributed by atoms with Gasteiger partial charge < -0.3 is 8.83 Å². The van der Waals surface area contributed by atoms with Crippen LogP contribution in [0.3, 0.4) is 0 Å². The van der Waals surface area contributed by atoms with Crippen LogP contribution in [0.1, 0.15) is 0 Å². The van der Waals surface area contributed by atoms with Crippen molar-refractivity contribution in [2.75, 3.05) is 0 Å². The number of hydrogen-bond donors (Lipinski definition) is 0. The Morgan fingerprint density at radius 2 is 0.672 bits per heavy atom. The van der Waals surface area contributed by atoms with Gasteiger partial charge in [0.1, 0.15) is 11.5 Å². The molecule has 0 spiro atoms. The molecule has 61 heavy (non-hydrogen) atoms. The zero-order chi connectivity index (χ0) is 39.8. The molecule has 2 aromatic heterocycles. The third kappa shape index (κ3) is 7.55. The summed E-state index contributed by atoms with van der Waals surface area (Å²) in [5, 5.41) is 10.0. The van der Waals surface area contributed by atoms with Gasteiger partial charge in [0.05, 0.1) is 11.5 Å². The van der Waals surface area contributed by atoms with E-state index < -0.39 is 0 Å². The largest absolute Gasteiger partial charge is 2.00 e. The molecule has 0 saturated heterocycles. The monoisotopic (exact) mass is 856 g/mol. The Morgan fingerprint density at radius 1 is 0.279 bits per heavy atom. The molecule has 2 heterocycles. The maximum atomic E-state index is 6.19. The van der Waals surface area contributed by atoms with Gasteiger partial charge in [-0.25, -0.2) is 0 Å². The molecule has 0 unspecified atom stereocenters. The Labute approximate surface area is 373 Å². The molecule has 12 rings (SSSR count). The molecule has 0 radical (unpaired) electrons. The number of hydrogen-bond acceptors (Lipinski definition) is 2. The van der Waals surface area contributed by atoms with Gasteiger partial charge in [0.15, 0.2) is 0 Å². The predicted octanol–water partition coefficient (Wildman–Crippen LogP) is 16.6. The SMILES string of the molecule is [Zr+2].c1ccc(-c2ccc(-c3cc4c(-c5ccc6ccccc6c5)cccc4[cH-]3)o2)cc1.c1ccc(-c2ccc(-c3cc4c(-c5ccc6ccccc6c5)cccc4[cH-]3)o2)cc1. The molecule has 12 aromatic rings. The van der Waals surface area contributed by atoms with Crippen molar-refractivity contribution in [2.45, 2.75) is 0 Å². The van der Waals surface area contributed by atoms with Crippen LogP contribution >= 0.6 is 0 Å². The van der Waals surface area contributed by atoms with E-state index in [1.54, 1.807) is 0 Å². The molecule has 0 fully saturated rings. The minimum atomic E-state index is 0. The van der Waals surface area contributed by atoms with E-state index in [2.05, 4.69) is 182 Å². The van der Waals surface area contributed by atoms with Gasteiger partial charge in [-0.3, -0.25) is 0 Å². The first-order valence-corrected chi connectivity index (χ1v) is 20.4. The second-order valence-corrected chi connectivity index (χ2v) is 15.3. The molecule has 0 aliphatic rings. The summed E-state index contributed by atoms with van der Waals surface area (Å²) in [5.74, 6) is 3.58. The van der Waals surface area contributed by atoms with E-state index in [1.165, 1.54) is 65.3 Å². The average molecular weight is 858 g/mol. The summed E-state index contributed by atoms with van der Waals surface area (Å²) in [5.41, 5.74) is 9.38. The number of rotatable bonds is 6. The fourth-order valence-corrected chi connectivity index (χ4v) is 8.47. The molecule has 0 amide bonds. The van der Waals surface area contributed by atoms with Crippen LogP contribution in [-0.2, 0) is 26.2 Å². The molecular formula is C58H38O2Zr. The molecule has 0 aliphatic carbocycles. The molecule has 0 N–H and O–H groups in total. The Kier molecular flexibility index (Phi) is 10.3. The number of benzene rings is 8. The van der Waals surface area contributed by atoms with Crippen LogP contribution in [0.2, 0.25) is 0 Å². The maximum Gasteiger partial charge on any atom is 2.00 e. The molecule has 2 nitrogen and oxygen atoms in total. The quantitative estimate of drug-likeness (QED) is 0.156. The maximum absolute atomic E-state index is 6.19. The number of furan rings is 2. The van der Waals surface area contributed by atoms with Gasteiger partial charge in [0, 0.05) is 11.1 Å². The summed E-state index contributed by atoms with van der Waals surface area (Å²) < 4.78 is 12.4. The van der Waals surface area contributed by atoms with Crippen LogP contribution in [0, 0.1) is 0 Å². The summed E-state index contributed by atoms with van der Waals surface area (Å²) >= 11 is 0. The Hall–Kier alpha value is -7.06. The van der Waals surface area contributed by atoms with Gasteiger partial charge in [-0.05, 0) is 69.1 Å². The minimum Gasteiger partial charge on any atom is -0.491 e. The van der Waals surface area contributed by atoms with Gasteiger partial charge in [-0.15, -0.1) is 57.9 Å². The summed E-state index contributed by atoms with van der Waals surface area (Å²) in [7, 11) is 0. The zero-order valence-electron chi connectivity index (χ0n) is 33.3.